The summed E-state index contributed by atoms with van der Waals surface area (Å²) in [6.45, 7) is 4.30. The van der Waals surface area contributed by atoms with Gasteiger partial charge in [-0.1, -0.05) is 0 Å². The van der Waals surface area contributed by atoms with Crippen LogP contribution in [0.25, 0.3) is 0 Å². The van der Waals surface area contributed by atoms with Crippen molar-refractivity contribution in [2.45, 2.75) is 44.8 Å². The molecule has 0 aliphatic carbocycles. The third-order valence-electron chi connectivity index (χ3n) is 5.30. The largest absolute Gasteiger partial charge is 0.381 e. The predicted molar refractivity (Wildman–Crippen MR) is 96.1 cm³/mol. The number of likely N-dealkylation sites (N-methyl/N-ethyl adjacent to an activating group) is 1. The summed E-state index contributed by atoms with van der Waals surface area (Å²) in [6.07, 6.45) is 4.73. The van der Waals surface area contributed by atoms with E-state index in [1.807, 2.05) is 11.8 Å². The first kappa shape index (κ1) is 19.3. The molecule has 0 unspecified atom stereocenters. The van der Waals surface area contributed by atoms with Gasteiger partial charge in [0.2, 0.25) is 11.8 Å². The molecule has 2 amide bonds. The Morgan fingerprint density at radius 1 is 1.48 bits per heavy atom. The molecule has 9 heteroatoms. The van der Waals surface area contributed by atoms with Crippen LogP contribution in [0.5, 0.6) is 0 Å². The molecular weight excluding hydrogens is 348 g/mol. The lowest BCUT2D eigenvalue weighted by molar-refractivity contribution is -0.133. The zero-order valence-electron chi connectivity index (χ0n) is 15.5. The van der Waals surface area contributed by atoms with Crippen molar-refractivity contribution in [3.05, 3.63) is 18.2 Å². The number of imidazole rings is 1. The van der Waals surface area contributed by atoms with Crippen LogP contribution in [0.15, 0.2) is 12.4 Å². The smallest absolute Gasteiger partial charge is 0.240 e. The zero-order chi connectivity index (χ0) is 19.3. The Morgan fingerprint density at radius 2 is 2.26 bits per heavy atom. The lowest BCUT2D eigenvalue weighted by atomic mass is 9.80. The summed E-state index contributed by atoms with van der Waals surface area (Å²) in [5.41, 5.74) is -1.03. The molecule has 0 bridgehead atoms. The van der Waals surface area contributed by atoms with Gasteiger partial charge in [-0.3, -0.25) is 14.5 Å². The first-order chi connectivity index (χ1) is 13.1. The highest BCUT2D eigenvalue weighted by molar-refractivity contribution is 5.86. The standard InChI is InChI=1S/C18H26N6O3/c1-2-20-16(25)14-9-13(10-24(14)11-15-21-5-6-22-15)23-17(26)18(12-19)3-7-27-8-4-18/h5-6,13-14H,2-4,7-11H2,1H3,(H,20,25)(H,21,22)(H,23,26)/t13-,14-/m0/s1. The molecule has 0 spiro atoms. The van der Waals surface area contributed by atoms with Crippen LogP contribution in [-0.4, -0.2) is 65.1 Å². The Balaban J connectivity index is 1.68. The van der Waals surface area contributed by atoms with Crippen molar-refractivity contribution in [2.24, 2.45) is 5.41 Å². The molecular formula is C18H26N6O3. The van der Waals surface area contributed by atoms with Gasteiger partial charge in [0.25, 0.3) is 0 Å². The van der Waals surface area contributed by atoms with Crippen molar-refractivity contribution in [2.75, 3.05) is 26.3 Å². The Hall–Kier alpha value is -2.44. The molecule has 2 saturated heterocycles. The fraction of sp³-hybridized carbons (Fsp3) is 0.667. The number of amides is 2. The van der Waals surface area contributed by atoms with Crippen LogP contribution < -0.4 is 10.6 Å². The Kier molecular flexibility index (Phi) is 6.08. The Morgan fingerprint density at radius 3 is 2.89 bits per heavy atom. The zero-order valence-corrected chi connectivity index (χ0v) is 15.5. The third-order valence-corrected chi connectivity index (χ3v) is 5.30. The monoisotopic (exact) mass is 374 g/mol. The molecule has 3 heterocycles. The number of nitriles is 1. The molecule has 2 aliphatic rings. The molecule has 27 heavy (non-hydrogen) atoms. The molecule has 9 nitrogen and oxygen atoms in total. The summed E-state index contributed by atoms with van der Waals surface area (Å²) in [7, 11) is 0. The van der Waals surface area contributed by atoms with Gasteiger partial charge >= 0.3 is 0 Å². The lowest BCUT2D eigenvalue weighted by Gasteiger charge is -2.30. The second-order valence-corrected chi connectivity index (χ2v) is 7.09. The molecule has 0 saturated carbocycles. The van der Waals surface area contributed by atoms with E-state index in [4.69, 9.17) is 4.74 Å². The van der Waals surface area contributed by atoms with Crippen molar-refractivity contribution < 1.29 is 14.3 Å². The van der Waals surface area contributed by atoms with Crippen molar-refractivity contribution in [1.29, 1.82) is 5.26 Å². The van der Waals surface area contributed by atoms with Gasteiger partial charge in [-0.2, -0.15) is 5.26 Å². The average Bonchev–Trinajstić information content (AvgIpc) is 3.33. The number of aromatic amines is 1. The Labute approximate surface area is 158 Å². The second-order valence-electron chi connectivity index (χ2n) is 7.09. The van der Waals surface area contributed by atoms with Crippen molar-refractivity contribution in [3.63, 3.8) is 0 Å². The number of nitrogens with zero attached hydrogens (tertiary/aromatic N) is 3. The normalized spacial score (nSPS) is 24.9. The van der Waals surface area contributed by atoms with E-state index in [9.17, 15) is 14.9 Å². The maximum atomic E-state index is 12.8. The number of hydrogen-bond acceptors (Lipinski definition) is 6. The van der Waals surface area contributed by atoms with E-state index >= 15 is 0 Å². The molecule has 1 aromatic rings. The van der Waals surface area contributed by atoms with Crippen LogP contribution in [0.2, 0.25) is 0 Å². The third kappa shape index (κ3) is 4.28. The van der Waals surface area contributed by atoms with E-state index in [0.717, 1.165) is 5.82 Å². The number of carbonyl (C=O) groups is 2. The topological polar surface area (TPSA) is 123 Å². The number of rotatable bonds is 6. The molecule has 2 aliphatic heterocycles. The first-order valence-electron chi connectivity index (χ1n) is 9.38. The molecule has 3 N–H and O–H groups in total. The maximum Gasteiger partial charge on any atom is 0.240 e. The van der Waals surface area contributed by atoms with Crippen LogP contribution in [-0.2, 0) is 20.9 Å². The molecule has 2 fully saturated rings. The summed E-state index contributed by atoms with van der Waals surface area (Å²) < 4.78 is 5.30. The number of carbonyl (C=O) groups excluding carboxylic acids is 2. The lowest BCUT2D eigenvalue weighted by Crippen LogP contribution is -2.48. The summed E-state index contributed by atoms with van der Waals surface area (Å²) in [6, 6.07) is 1.67. The van der Waals surface area contributed by atoms with Gasteiger partial charge in [-0.15, -0.1) is 0 Å². The molecule has 1 aromatic heterocycles. The number of nitrogens with one attached hydrogen (secondary N) is 3. The second kappa shape index (κ2) is 8.50. The number of likely N-dealkylation sites (tertiary alicyclic amines) is 1. The van der Waals surface area contributed by atoms with E-state index in [0.29, 0.717) is 52.1 Å². The van der Waals surface area contributed by atoms with Gasteiger partial charge < -0.3 is 20.4 Å². The highest BCUT2D eigenvalue weighted by Gasteiger charge is 2.44. The summed E-state index contributed by atoms with van der Waals surface area (Å²) in [4.78, 5) is 34.6. The summed E-state index contributed by atoms with van der Waals surface area (Å²) in [5, 5.41) is 15.4. The molecule has 0 radical (unpaired) electrons. The minimum absolute atomic E-state index is 0.0538. The van der Waals surface area contributed by atoms with Crippen LogP contribution in [0, 0.1) is 16.7 Å². The van der Waals surface area contributed by atoms with Crippen LogP contribution in [0.1, 0.15) is 32.0 Å². The fourth-order valence-electron chi connectivity index (χ4n) is 3.76. The van der Waals surface area contributed by atoms with Gasteiger partial charge in [0.05, 0.1) is 18.7 Å². The van der Waals surface area contributed by atoms with Crippen LogP contribution >= 0.6 is 0 Å². The van der Waals surface area contributed by atoms with Crippen molar-refractivity contribution >= 4 is 11.8 Å². The van der Waals surface area contributed by atoms with Crippen molar-refractivity contribution in [3.8, 4) is 6.07 Å². The maximum absolute atomic E-state index is 12.8. The van der Waals surface area contributed by atoms with E-state index in [-0.39, 0.29) is 23.9 Å². The Bertz CT molecular complexity index is 692. The number of H-pyrrole nitrogens is 1. The predicted octanol–water partition coefficient (Wildman–Crippen LogP) is -0.0747. The van der Waals surface area contributed by atoms with Gasteiger partial charge in [0, 0.05) is 44.7 Å². The highest BCUT2D eigenvalue weighted by atomic mass is 16.5. The quantitative estimate of drug-likeness (QED) is 0.640. The van der Waals surface area contributed by atoms with Gasteiger partial charge in [-0.05, 0) is 26.2 Å². The first-order valence-corrected chi connectivity index (χ1v) is 9.38. The van der Waals surface area contributed by atoms with E-state index < -0.39 is 5.41 Å². The van der Waals surface area contributed by atoms with Crippen molar-refractivity contribution in [1.82, 2.24) is 25.5 Å². The van der Waals surface area contributed by atoms with Gasteiger partial charge in [0.15, 0.2) is 0 Å². The van der Waals surface area contributed by atoms with Gasteiger partial charge in [0.1, 0.15) is 11.2 Å². The number of ether oxygens (including phenoxy) is 1. The minimum atomic E-state index is -1.03. The average molecular weight is 374 g/mol. The summed E-state index contributed by atoms with van der Waals surface area (Å²) >= 11 is 0. The van der Waals surface area contributed by atoms with Crippen LogP contribution in [0.4, 0.5) is 0 Å². The fourth-order valence-corrected chi connectivity index (χ4v) is 3.76. The van der Waals surface area contributed by atoms with Crippen LogP contribution in [0.3, 0.4) is 0 Å². The minimum Gasteiger partial charge on any atom is -0.381 e. The SMILES string of the molecule is CCNC(=O)[C@@H]1C[C@H](NC(=O)C2(C#N)CCOCC2)CN1Cc1ncc[nH]1. The van der Waals surface area contributed by atoms with Gasteiger partial charge in [-0.25, -0.2) is 4.98 Å². The molecule has 2 atom stereocenters. The molecule has 0 aromatic carbocycles. The highest BCUT2D eigenvalue weighted by Crippen LogP contribution is 2.31. The number of aromatic nitrogens is 2. The van der Waals surface area contributed by atoms with E-state index in [2.05, 4.69) is 26.7 Å². The molecule has 3 rings (SSSR count). The number of hydrogen-bond donors (Lipinski definition) is 3. The van der Waals surface area contributed by atoms with E-state index in [1.54, 1.807) is 12.4 Å². The summed E-state index contributed by atoms with van der Waals surface area (Å²) in [5.74, 6) is 0.462. The van der Waals surface area contributed by atoms with E-state index in [1.165, 1.54) is 0 Å². The molecule has 146 valence electrons.